The van der Waals surface area contributed by atoms with Gasteiger partial charge in [-0.15, -0.1) is 0 Å². The highest BCUT2D eigenvalue weighted by Gasteiger charge is 2.42. The summed E-state index contributed by atoms with van der Waals surface area (Å²) in [6, 6.07) is 6.11. The van der Waals surface area contributed by atoms with Crippen LogP contribution in [0, 0.1) is 0 Å². The van der Waals surface area contributed by atoms with Crippen molar-refractivity contribution in [1.29, 1.82) is 0 Å². The van der Waals surface area contributed by atoms with Crippen LogP contribution in [0.1, 0.15) is 40.7 Å². The summed E-state index contributed by atoms with van der Waals surface area (Å²) in [6.07, 6.45) is 5.87. The summed E-state index contributed by atoms with van der Waals surface area (Å²) >= 11 is 0. The monoisotopic (exact) mass is 287 g/mol. The fourth-order valence-electron chi connectivity index (χ4n) is 3.72. The number of carbonyl (C=O) groups excluding carboxylic acids is 1. The van der Waals surface area contributed by atoms with E-state index in [0.29, 0.717) is 6.61 Å². The lowest BCUT2D eigenvalue weighted by atomic mass is 9.90. The van der Waals surface area contributed by atoms with Gasteiger partial charge in [0.15, 0.2) is 0 Å². The van der Waals surface area contributed by atoms with Crippen LogP contribution >= 0.6 is 0 Å². The Morgan fingerprint density at radius 2 is 2.00 bits per heavy atom. The molecule has 3 aliphatic rings. The fraction of sp³-hybridized carbons (Fsp3) is 0.588. The van der Waals surface area contributed by atoms with E-state index in [1.165, 1.54) is 24.0 Å². The first kappa shape index (κ1) is 13.3. The minimum atomic E-state index is -0.0129. The van der Waals surface area contributed by atoms with Crippen LogP contribution in [0.4, 0.5) is 0 Å². The molecule has 1 N–H and O–H groups in total. The van der Waals surface area contributed by atoms with Gasteiger partial charge in [-0.1, -0.05) is 6.07 Å². The topological polar surface area (TPSA) is 47.6 Å². The first-order chi connectivity index (χ1) is 10.3. The van der Waals surface area contributed by atoms with Crippen molar-refractivity contribution in [3.05, 3.63) is 34.9 Å². The van der Waals surface area contributed by atoms with Gasteiger partial charge in [-0.25, -0.2) is 0 Å². The Morgan fingerprint density at radius 3 is 2.90 bits per heavy atom. The lowest BCUT2D eigenvalue weighted by Gasteiger charge is -2.19. The number of amides is 1. The standard InChI is InChI=1S/C17H21NO3/c19-17(18-14-10-21-15-7-8-20-16(14)15)13-6-5-11-3-1-2-4-12(11)9-13/h5-6,9,14-16H,1-4,7-8,10H2,(H,18,19)/t14-,15+,16+/m0/s1. The molecule has 4 heteroatoms. The van der Waals surface area contributed by atoms with E-state index in [1.807, 2.05) is 6.07 Å². The summed E-state index contributed by atoms with van der Waals surface area (Å²) in [6.45, 7) is 1.30. The number of ether oxygens (including phenoxy) is 2. The van der Waals surface area contributed by atoms with Crippen LogP contribution in [0.3, 0.4) is 0 Å². The number of fused-ring (bicyclic) bond motifs is 2. The van der Waals surface area contributed by atoms with Crippen molar-refractivity contribution in [3.8, 4) is 0 Å². The second-order valence-electron chi connectivity index (χ2n) is 6.27. The van der Waals surface area contributed by atoms with Gasteiger partial charge >= 0.3 is 0 Å². The number of benzene rings is 1. The Morgan fingerprint density at radius 1 is 1.14 bits per heavy atom. The highest BCUT2D eigenvalue weighted by molar-refractivity contribution is 5.94. The number of nitrogens with one attached hydrogen (secondary N) is 1. The smallest absolute Gasteiger partial charge is 0.251 e. The summed E-state index contributed by atoms with van der Waals surface area (Å²) in [5.74, 6) is -0.00637. The van der Waals surface area contributed by atoms with E-state index in [4.69, 9.17) is 9.47 Å². The molecule has 4 nitrogen and oxygen atoms in total. The number of carbonyl (C=O) groups is 1. The average Bonchev–Trinajstić information content (AvgIpc) is 3.12. The molecule has 1 aliphatic carbocycles. The van der Waals surface area contributed by atoms with E-state index in [0.717, 1.165) is 31.4 Å². The summed E-state index contributed by atoms with van der Waals surface area (Å²) in [7, 11) is 0. The Balaban J connectivity index is 1.47. The van der Waals surface area contributed by atoms with Crippen molar-refractivity contribution in [2.45, 2.75) is 50.4 Å². The second-order valence-corrected chi connectivity index (χ2v) is 6.27. The maximum absolute atomic E-state index is 12.5. The molecule has 0 saturated carbocycles. The third-order valence-electron chi connectivity index (χ3n) is 4.89. The van der Waals surface area contributed by atoms with E-state index in [2.05, 4.69) is 17.4 Å². The van der Waals surface area contributed by atoms with Crippen LogP contribution in [0.5, 0.6) is 0 Å². The van der Waals surface area contributed by atoms with Crippen LogP contribution in [-0.4, -0.2) is 37.4 Å². The minimum Gasteiger partial charge on any atom is -0.373 e. The second kappa shape index (κ2) is 5.43. The zero-order valence-electron chi connectivity index (χ0n) is 12.1. The highest BCUT2D eigenvalue weighted by Crippen LogP contribution is 2.27. The molecule has 2 fully saturated rings. The van der Waals surface area contributed by atoms with Crippen LogP contribution in [0.15, 0.2) is 18.2 Å². The molecule has 2 aliphatic heterocycles. The molecule has 0 radical (unpaired) electrons. The molecule has 2 heterocycles. The molecular weight excluding hydrogens is 266 g/mol. The van der Waals surface area contributed by atoms with E-state index in [-0.39, 0.29) is 24.2 Å². The SMILES string of the molecule is O=C(N[C@H]1CO[C@@H]2CCO[C@H]12)c1ccc2c(c1)CCCC2. The first-order valence-electron chi connectivity index (χ1n) is 7.97. The molecular formula is C17H21NO3. The van der Waals surface area contributed by atoms with E-state index < -0.39 is 0 Å². The van der Waals surface area contributed by atoms with Gasteiger partial charge in [-0.3, -0.25) is 4.79 Å². The summed E-state index contributed by atoms with van der Waals surface area (Å²) in [5, 5.41) is 3.08. The summed E-state index contributed by atoms with van der Waals surface area (Å²) < 4.78 is 11.4. The minimum absolute atomic E-state index is 0.00637. The molecule has 1 aromatic rings. The van der Waals surface area contributed by atoms with Gasteiger partial charge in [-0.05, 0) is 55.4 Å². The van der Waals surface area contributed by atoms with Gasteiger partial charge in [-0.2, -0.15) is 0 Å². The predicted octanol–water partition coefficient (Wildman–Crippen LogP) is 1.85. The Bertz CT molecular complexity index is 557. The lowest BCUT2D eigenvalue weighted by Crippen LogP contribution is -2.43. The van der Waals surface area contributed by atoms with Crippen LogP contribution in [0.25, 0.3) is 0 Å². The molecule has 0 bridgehead atoms. The summed E-state index contributed by atoms with van der Waals surface area (Å²) in [4.78, 5) is 12.5. The van der Waals surface area contributed by atoms with Crippen molar-refractivity contribution < 1.29 is 14.3 Å². The Labute approximate surface area is 124 Å². The van der Waals surface area contributed by atoms with Gasteiger partial charge in [0.1, 0.15) is 6.10 Å². The van der Waals surface area contributed by atoms with Crippen molar-refractivity contribution in [1.82, 2.24) is 5.32 Å². The van der Waals surface area contributed by atoms with Crippen LogP contribution in [0.2, 0.25) is 0 Å². The zero-order valence-corrected chi connectivity index (χ0v) is 12.1. The van der Waals surface area contributed by atoms with Crippen molar-refractivity contribution in [2.75, 3.05) is 13.2 Å². The Kier molecular flexibility index (Phi) is 3.43. The quantitative estimate of drug-likeness (QED) is 0.903. The van der Waals surface area contributed by atoms with Crippen LogP contribution in [-0.2, 0) is 22.3 Å². The summed E-state index contributed by atoms with van der Waals surface area (Å²) in [5.41, 5.74) is 3.50. The molecule has 1 aromatic carbocycles. The van der Waals surface area contributed by atoms with Gasteiger partial charge in [0, 0.05) is 12.2 Å². The fourth-order valence-corrected chi connectivity index (χ4v) is 3.72. The first-order valence-corrected chi connectivity index (χ1v) is 7.97. The zero-order chi connectivity index (χ0) is 14.2. The van der Waals surface area contributed by atoms with Gasteiger partial charge in [0.05, 0.1) is 18.8 Å². The van der Waals surface area contributed by atoms with Crippen LogP contribution < -0.4 is 5.32 Å². The third kappa shape index (κ3) is 2.47. The number of aryl methyl sites for hydroxylation is 2. The lowest BCUT2D eigenvalue weighted by molar-refractivity contribution is 0.0656. The number of hydrogen-bond donors (Lipinski definition) is 1. The molecule has 0 aromatic heterocycles. The molecule has 112 valence electrons. The maximum atomic E-state index is 12.5. The average molecular weight is 287 g/mol. The Hall–Kier alpha value is -1.39. The van der Waals surface area contributed by atoms with Gasteiger partial charge in [0.25, 0.3) is 5.91 Å². The van der Waals surface area contributed by atoms with E-state index >= 15 is 0 Å². The molecule has 4 rings (SSSR count). The molecule has 0 unspecified atom stereocenters. The van der Waals surface area contributed by atoms with Crippen molar-refractivity contribution in [3.63, 3.8) is 0 Å². The van der Waals surface area contributed by atoms with E-state index in [1.54, 1.807) is 0 Å². The van der Waals surface area contributed by atoms with E-state index in [9.17, 15) is 4.79 Å². The molecule has 0 spiro atoms. The molecule has 1 amide bonds. The molecule has 2 saturated heterocycles. The van der Waals surface area contributed by atoms with Gasteiger partial charge in [0.2, 0.25) is 0 Å². The molecule has 21 heavy (non-hydrogen) atoms. The maximum Gasteiger partial charge on any atom is 0.251 e. The molecule has 3 atom stereocenters. The number of rotatable bonds is 2. The normalized spacial score (nSPS) is 30.8. The third-order valence-corrected chi connectivity index (χ3v) is 4.89. The largest absolute Gasteiger partial charge is 0.373 e. The van der Waals surface area contributed by atoms with Crippen molar-refractivity contribution >= 4 is 5.91 Å². The van der Waals surface area contributed by atoms with Gasteiger partial charge < -0.3 is 14.8 Å². The van der Waals surface area contributed by atoms with Crippen molar-refractivity contribution in [2.24, 2.45) is 0 Å². The highest BCUT2D eigenvalue weighted by atomic mass is 16.6. The predicted molar refractivity (Wildman–Crippen MR) is 78.4 cm³/mol. The number of hydrogen-bond acceptors (Lipinski definition) is 3.